The Bertz CT molecular complexity index is 570. The van der Waals surface area contributed by atoms with Gasteiger partial charge in [0.1, 0.15) is 0 Å². The molecule has 2 aliphatic rings. The number of rotatable bonds is 5. The Kier molecular flexibility index (Phi) is 6.45. The van der Waals surface area contributed by atoms with Gasteiger partial charge < -0.3 is 15.0 Å². The molecule has 2 amide bonds. The number of piperidine rings is 1. The summed E-state index contributed by atoms with van der Waals surface area (Å²) in [6, 6.07) is 9.43. The lowest BCUT2D eigenvalue weighted by molar-refractivity contribution is -0.122. The maximum Gasteiger partial charge on any atom is 0.253 e. The molecule has 2 saturated heterocycles. The van der Waals surface area contributed by atoms with Crippen LogP contribution in [0.3, 0.4) is 0 Å². The molecule has 2 fully saturated rings. The average Bonchev–Trinajstić information content (AvgIpc) is 2.67. The van der Waals surface area contributed by atoms with Crippen molar-refractivity contribution >= 4 is 11.8 Å². The van der Waals surface area contributed by atoms with Crippen molar-refractivity contribution in [3.8, 4) is 0 Å². The Morgan fingerprint density at radius 1 is 1.16 bits per heavy atom. The summed E-state index contributed by atoms with van der Waals surface area (Å²) in [6.45, 7) is 3.01. The highest BCUT2D eigenvalue weighted by molar-refractivity contribution is 5.94. The SMILES string of the molecule is O=C(CCC1CCCOC1)NC1CCCN(C(=O)c2ccccc2)C1. The van der Waals surface area contributed by atoms with Gasteiger partial charge in [0.05, 0.1) is 0 Å². The zero-order valence-electron chi connectivity index (χ0n) is 14.8. The molecule has 5 nitrogen and oxygen atoms in total. The molecule has 0 bridgehead atoms. The molecule has 0 aromatic heterocycles. The van der Waals surface area contributed by atoms with E-state index < -0.39 is 0 Å². The summed E-state index contributed by atoms with van der Waals surface area (Å²) >= 11 is 0. The van der Waals surface area contributed by atoms with E-state index in [2.05, 4.69) is 5.32 Å². The Morgan fingerprint density at radius 2 is 2.00 bits per heavy atom. The highest BCUT2D eigenvalue weighted by Gasteiger charge is 2.25. The van der Waals surface area contributed by atoms with Crippen LogP contribution >= 0.6 is 0 Å². The van der Waals surface area contributed by atoms with Gasteiger partial charge in [-0.2, -0.15) is 0 Å². The molecule has 25 heavy (non-hydrogen) atoms. The summed E-state index contributed by atoms with van der Waals surface area (Å²) < 4.78 is 5.47. The first-order chi connectivity index (χ1) is 12.2. The molecule has 0 saturated carbocycles. The van der Waals surface area contributed by atoms with Crippen LogP contribution in [-0.4, -0.2) is 49.1 Å². The lowest BCUT2D eigenvalue weighted by atomic mass is 9.96. The summed E-state index contributed by atoms with van der Waals surface area (Å²) in [5.74, 6) is 0.672. The number of ether oxygens (including phenoxy) is 1. The van der Waals surface area contributed by atoms with E-state index >= 15 is 0 Å². The van der Waals surface area contributed by atoms with Gasteiger partial charge in [-0.3, -0.25) is 9.59 Å². The number of carbonyl (C=O) groups excluding carboxylic acids is 2. The Morgan fingerprint density at radius 3 is 2.76 bits per heavy atom. The average molecular weight is 344 g/mol. The van der Waals surface area contributed by atoms with Crippen molar-refractivity contribution in [3.05, 3.63) is 35.9 Å². The fourth-order valence-electron chi connectivity index (χ4n) is 3.71. The Balaban J connectivity index is 1.44. The van der Waals surface area contributed by atoms with Crippen LogP contribution in [0.25, 0.3) is 0 Å². The standard InChI is InChI=1S/C20H28N2O3/c23-19(11-10-16-6-5-13-25-15-16)21-18-9-4-12-22(14-18)20(24)17-7-2-1-3-8-17/h1-3,7-8,16,18H,4-6,9-15H2,(H,21,23). The molecule has 1 N–H and O–H groups in total. The zero-order chi connectivity index (χ0) is 17.5. The number of benzene rings is 1. The molecular formula is C20H28N2O3. The van der Waals surface area contributed by atoms with Crippen molar-refractivity contribution in [2.75, 3.05) is 26.3 Å². The minimum Gasteiger partial charge on any atom is -0.381 e. The van der Waals surface area contributed by atoms with E-state index in [9.17, 15) is 9.59 Å². The predicted octanol–water partition coefficient (Wildman–Crippen LogP) is 2.61. The first-order valence-electron chi connectivity index (χ1n) is 9.44. The molecule has 0 radical (unpaired) electrons. The van der Waals surface area contributed by atoms with E-state index in [-0.39, 0.29) is 17.9 Å². The van der Waals surface area contributed by atoms with Crippen LogP contribution in [0.1, 0.15) is 48.9 Å². The molecule has 136 valence electrons. The fraction of sp³-hybridized carbons (Fsp3) is 0.600. The van der Waals surface area contributed by atoms with Crippen molar-refractivity contribution in [1.29, 1.82) is 0 Å². The van der Waals surface area contributed by atoms with Gasteiger partial charge in [0.2, 0.25) is 5.91 Å². The second kappa shape index (κ2) is 8.99. The smallest absolute Gasteiger partial charge is 0.253 e. The molecular weight excluding hydrogens is 316 g/mol. The molecule has 5 heteroatoms. The topological polar surface area (TPSA) is 58.6 Å². The number of nitrogens with one attached hydrogen (secondary N) is 1. The third kappa shape index (κ3) is 5.30. The van der Waals surface area contributed by atoms with Gasteiger partial charge in [-0.15, -0.1) is 0 Å². The Hall–Kier alpha value is -1.88. The second-order valence-corrected chi connectivity index (χ2v) is 7.15. The van der Waals surface area contributed by atoms with Gasteiger partial charge in [-0.1, -0.05) is 18.2 Å². The largest absolute Gasteiger partial charge is 0.381 e. The minimum absolute atomic E-state index is 0.0545. The third-order valence-corrected chi connectivity index (χ3v) is 5.13. The number of hydrogen-bond acceptors (Lipinski definition) is 3. The van der Waals surface area contributed by atoms with Crippen molar-refractivity contribution in [2.24, 2.45) is 5.92 Å². The summed E-state index contributed by atoms with van der Waals surface area (Å²) in [4.78, 5) is 26.7. The van der Waals surface area contributed by atoms with E-state index in [1.807, 2.05) is 35.2 Å². The van der Waals surface area contributed by atoms with Crippen LogP contribution in [0.5, 0.6) is 0 Å². The van der Waals surface area contributed by atoms with Crippen LogP contribution in [0.2, 0.25) is 0 Å². The molecule has 2 atom stereocenters. The van der Waals surface area contributed by atoms with Crippen molar-refractivity contribution in [2.45, 2.75) is 44.6 Å². The number of carbonyl (C=O) groups is 2. The van der Waals surface area contributed by atoms with Crippen molar-refractivity contribution in [1.82, 2.24) is 10.2 Å². The maximum atomic E-state index is 12.6. The van der Waals surface area contributed by atoms with Crippen LogP contribution in [0, 0.1) is 5.92 Å². The summed E-state index contributed by atoms with van der Waals surface area (Å²) in [6.07, 6.45) is 5.58. The van der Waals surface area contributed by atoms with Gasteiger partial charge >= 0.3 is 0 Å². The summed E-state index contributed by atoms with van der Waals surface area (Å²) in [5, 5.41) is 3.12. The van der Waals surface area contributed by atoms with E-state index in [0.717, 1.165) is 51.9 Å². The third-order valence-electron chi connectivity index (χ3n) is 5.13. The minimum atomic E-state index is 0.0545. The molecule has 2 heterocycles. The number of hydrogen-bond donors (Lipinski definition) is 1. The van der Waals surface area contributed by atoms with Crippen LogP contribution in [-0.2, 0) is 9.53 Å². The molecule has 0 aliphatic carbocycles. The monoisotopic (exact) mass is 344 g/mol. The van der Waals surface area contributed by atoms with Gasteiger partial charge in [-0.05, 0) is 50.2 Å². The zero-order valence-corrected chi connectivity index (χ0v) is 14.8. The normalized spacial score (nSPS) is 23.9. The van der Waals surface area contributed by atoms with Crippen molar-refractivity contribution in [3.63, 3.8) is 0 Å². The van der Waals surface area contributed by atoms with Crippen LogP contribution in [0.4, 0.5) is 0 Å². The maximum absolute atomic E-state index is 12.6. The van der Waals surface area contributed by atoms with E-state index in [0.29, 0.717) is 24.4 Å². The molecule has 0 spiro atoms. The molecule has 3 rings (SSSR count). The van der Waals surface area contributed by atoms with Crippen molar-refractivity contribution < 1.29 is 14.3 Å². The van der Waals surface area contributed by atoms with E-state index in [1.54, 1.807) is 0 Å². The second-order valence-electron chi connectivity index (χ2n) is 7.15. The van der Waals surface area contributed by atoms with Crippen LogP contribution in [0.15, 0.2) is 30.3 Å². The first-order valence-corrected chi connectivity index (χ1v) is 9.44. The highest BCUT2D eigenvalue weighted by Crippen LogP contribution is 2.19. The first kappa shape index (κ1) is 17.9. The summed E-state index contributed by atoms with van der Waals surface area (Å²) in [5.41, 5.74) is 0.715. The predicted molar refractivity (Wildman–Crippen MR) is 96.3 cm³/mol. The molecule has 2 aliphatic heterocycles. The number of nitrogens with zero attached hydrogens (tertiary/aromatic N) is 1. The molecule has 1 aromatic carbocycles. The lowest BCUT2D eigenvalue weighted by Gasteiger charge is -2.33. The highest BCUT2D eigenvalue weighted by atomic mass is 16.5. The molecule has 2 unspecified atom stereocenters. The van der Waals surface area contributed by atoms with E-state index in [1.165, 1.54) is 0 Å². The molecule has 1 aromatic rings. The quantitative estimate of drug-likeness (QED) is 0.893. The van der Waals surface area contributed by atoms with E-state index in [4.69, 9.17) is 4.74 Å². The van der Waals surface area contributed by atoms with Gasteiger partial charge in [0.25, 0.3) is 5.91 Å². The summed E-state index contributed by atoms with van der Waals surface area (Å²) in [7, 11) is 0. The van der Waals surface area contributed by atoms with Gasteiger partial charge in [0.15, 0.2) is 0 Å². The number of likely N-dealkylation sites (tertiary alicyclic amines) is 1. The van der Waals surface area contributed by atoms with Crippen LogP contribution < -0.4 is 5.32 Å². The van der Waals surface area contributed by atoms with Gasteiger partial charge in [-0.25, -0.2) is 0 Å². The number of amides is 2. The fourth-order valence-corrected chi connectivity index (χ4v) is 3.71. The van der Waals surface area contributed by atoms with Gasteiger partial charge in [0, 0.05) is 44.3 Å². The lowest BCUT2D eigenvalue weighted by Crippen LogP contribution is -2.49. The Labute approximate surface area is 149 Å².